The van der Waals surface area contributed by atoms with Crippen molar-refractivity contribution in [3.05, 3.63) is 36.5 Å². The Morgan fingerprint density at radius 1 is 1.50 bits per heavy atom. The van der Waals surface area contributed by atoms with Crippen molar-refractivity contribution in [1.29, 1.82) is 0 Å². The van der Waals surface area contributed by atoms with Crippen molar-refractivity contribution in [2.75, 3.05) is 6.54 Å². The van der Waals surface area contributed by atoms with Crippen LogP contribution in [-0.4, -0.2) is 29.0 Å². The van der Waals surface area contributed by atoms with E-state index in [0.29, 0.717) is 18.8 Å². The number of hydrogen-bond donors (Lipinski definition) is 0. The van der Waals surface area contributed by atoms with E-state index in [9.17, 15) is 8.42 Å². The fourth-order valence-corrected chi connectivity index (χ4v) is 4.20. The number of hydrogen-bond acceptors (Lipinski definition) is 4. The van der Waals surface area contributed by atoms with E-state index in [-0.39, 0.29) is 10.9 Å². The van der Waals surface area contributed by atoms with Crippen LogP contribution in [0.4, 0.5) is 0 Å². The van der Waals surface area contributed by atoms with Crippen LogP contribution in [0.5, 0.6) is 0 Å². The van der Waals surface area contributed by atoms with E-state index >= 15 is 0 Å². The van der Waals surface area contributed by atoms with Gasteiger partial charge < -0.3 is 4.42 Å². The minimum Gasteiger partial charge on any atom is -0.468 e. The summed E-state index contributed by atoms with van der Waals surface area (Å²) < 4.78 is 33.9. The third kappa shape index (κ3) is 2.16. The first-order valence-electron chi connectivity index (χ1n) is 6.70. The molecular weight excluding hydrogens is 278 g/mol. The molecule has 0 amide bonds. The fraction of sp³-hybridized carbons (Fsp3) is 0.462. The van der Waals surface area contributed by atoms with Gasteiger partial charge >= 0.3 is 0 Å². The summed E-state index contributed by atoms with van der Waals surface area (Å²) in [6.45, 7) is 3.09. The molecule has 3 heterocycles. The molecule has 1 aliphatic heterocycles. The second-order valence-corrected chi connectivity index (χ2v) is 6.71. The average Bonchev–Trinajstić information content (AvgIpc) is 3.17. The van der Waals surface area contributed by atoms with Crippen LogP contribution in [0.2, 0.25) is 0 Å². The number of aromatic nitrogens is 2. The van der Waals surface area contributed by atoms with Gasteiger partial charge in [-0.15, -0.1) is 0 Å². The number of rotatable bonds is 4. The molecule has 0 aliphatic carbocycles. The van der Waals surface area contributed by atoms with E-state index in [4.69, 9.17) is 4.42 Å². The van der Waals surface area contributed by atoms with E-state index in [0.717, 1.165) is 12.8 Å². The van der Waals surface area contributed by atoms with Crippen molar-refractivity contribution >= 4 is 10.0 Å². The Kier molecular flexibility index (Phi) is 3.39. The first-order valence-corrected chi connectivity index (χ1v) is 8.14. The molecule has 0 spiro atoms. The Morgan fingerprint density at radius 3 is 3.00 bits per heavy atom. The molecule has 1 aliphatic rings. The Labute approximate surface area is 118 Å². The smallest absolute Gasteiger partial charge is 0.246 e. The van der Waals surface area contributed by atoms with Crippen LogP contribution in [0, 0.1) is 0 Å². The third-order valence-electron chi connectivity index (χ3n) is 3.62. The Hall–Kier alpha value is -1.60. The van der Waals surface area contributed by atoms with Crippen LogP contribution >= 0.6 is 0 Å². The van der Waals surface area contributed by atoms with Crippen molar-refractivity contribution in [3.63, 3.8) is 0 Å². The second-order valence-electron chi connectivity index (χ2n) is 4.82. The highest BCUT2D eigenvalue weighted by Gasteiger charge is 2.38. The van der Waals surface area contributed by atoms with Crippen LogP contribution in [0.15, 0.2) is 40.1 Å². The molecule has 6 nitrogen and oxygen atoms in total. The molecule has 0 unspecified atom stereocenters. The van der Waals surface area contributed by atoms with Crippen molar-refractivity contribution in [1.82, 2.24) is 14.1 Å². The molecule has 0 bridgehead atoms. The largest absolute Gasteiger partial charge is 0.468 e. The molecule has 1 atom stereocenters. The van der Waals surface area contributed by atoms with Gasteiger partial charge in [0.1, 0.15) is 10.7 Å². The molecule has 108 valence electrons. The number of nitrogens with zero attached hydrogens (tertiary/aromatic N) is 3. The van der Waals surface area contributed by atoms with Gasteiger partial charge in [-0.3, -0.25) is 4.68 Å². The molecule has 0 saturated carbocycles. The van der Waals surface area contributed by atoms with E-state index in [1.807, 2.05) is 13.0 Å². The fourth-order valence-electron chi connectivity index (χ4n) is 2.58. The van der Waals surface area contributed by atoms with E-state index in [1.165, 1.54) is 10.5 Å². The standard InChI is InChI=1S/C13H17N3O3S/c1-2-15-10-11(9-14-15)20(17,18)16-7-3-5-12(16)13-6-4-8-19-13/h4,6,8-10,12H,2-3,5,7H2,1H3/t12-/m0/s1. The van der Waals surface area contributed by atoms with Gasteiger partial charge in [0, 0.05) is 19.3 Å². The predicted molar refractivity (Wildman–Crippen MR) is 72.5 cm³/mol. The molecule has 0 N–H and O–H groups in total. The summed E-state index contributed by atoms with van der Waals surface area (Å²) in [6.07, 6.45) is 6.19. The molecule has 2 aromatic rings. The van der Waals surface area contributed by atoms with Gasteiger partial charge in [-0.2, -0.15) is 9.40 Å². The molecule has 20 heavy (non-hydrogen) atoms. The summed E-state index contributed by atoms with van der Waals surface area (Å²) in [6, 6.07) is 3.40. The van der Waals surface area contributed by atoms with Gasteiger partial charge in [0.15, 0.2) is 0 Å². The SMILES string of the molecule is CCn1cc(S(=O)(=O)N2CCC[C@H]2c2ccco2)cn1. The highest BCUT2D eigenvalue weighted by molar-refractivity contribution is 7.89. The van der Waals surface area contributed by atoms with Crippen molar-refractivity contribution in [2.24, 2.45) is 0 Å². The summed E-state index contributed by atoms with van der Waals surface area (Å²) in [5.41, 5.74) is 0. The Morgan fingerprint density at radius 2 is 2.35 bits per heavy atom. The second kappa shape index (κ2) is 5.06. The minimum atomic E-state index is -3.51. The van der Waals surface area contributed by atoms with E-state index < -0.39 is 10.0 Å². The number of sulfonamides is 1. The normalized spacial score (nSPS) is 20.6. The van der Waals surface area contributed by atoms with Gasteiger partial charge in [-0.25, -0.2) is 8.42 Å². The molecule has 1 saturated heterocycles. The lowest BCUT2D eigenvalue weighted by atomic mass is 10.2. The maximum Gasteiger partial charge on any atom is 0.246 e. The zero-order chi connectivity index (χ0) is 14.2. The lowest BCUT2D eigenvalue weighted by Gasteiger charge is -2.21. The van der Waals surface area contributed by atoms with Crippen molar-refractivity contribution < 1.29 is 12.8 Å². The first kappa shape index (κ1) is 13.4. The topological polar surface area (TPSA) is 68.3 Å². The van der Waals surface area contributed by atoms with Crippen LogP contribution in [0.1, 0.15) is 31.6 Å². The van der Waals surface area contributed by atoms with Crippen LogP contribution in [-0.2, 0) is 16.6 Å². The predicted octanol–water partition coefficient (Wildman–Crippen LogP) is 2.02. The number of furan rings is 1. The molecule has 7 heteroatoms. The van der Waals surface area contributed by atoms with Crippen LogP contribution < -0.4 is 0 Å². The summed E-state index contributed by atoms with van der Waals surface area (Å²) in [5.74, 6) is 0.703. The van der Waals surface area contributed by atoms with Gasteiger partial charge in [0.2, 0.25) is 10.0 Å². The van der Waals surface area contributed by atoms with Crippen LogP contribution in [0.3, 0.4) is 0 Å². The highest BCUT2D eigenvalue weighted by Crippen LogP contribution is 2.36. The van der Waals surface area contributed by atoms with Crippen molar-refractivity contribution in [2.45, 2.75) is 37.2 Å². The lowest BCUT2D eigenvalue weighted by Crippen LogP contribution is -2.30. The summed E-state index contributed by atoms with van der Waals surface area (Å²) >= 11 is 0. The molecule has 0 aromatic carbocycles. The summed E-state index contributed by atoms with van der Waals surface area (Å²) in [7, 11) is -3.51. The minimum absolute atomic E-state index is 0.208. The highest BCUT2D eigenvalue weighted by atomic mass is 32.2. The summed E-state index contributed by atoms with van der Waals surface area (Å²) in [4.78, 5) is 0.248. The third-order valence-corrected chi connectivity index (χ3v) is 5.48. The molecule has 1 fully saturated rings. The zero-order valence-electron chi connectivity index (χ0n) is 11.3. The molecule has 2 aromatic heterocycles. The quantitative estimate of drug-likeness (QED) is 0.865. The maximum atomic E-state index is 12.7. The molecule has 0 radical (unpaired) electrons. The van der Waals surface area contributed by atoms with Gasteiger partial charge in [0.05, 0.1) is 18.5 Å². The molecular formula is C13H17N3O3S. The average molecular weight is 295 g/mol. The van der Waals surface area contributed by atoms with Gasteiger partial charge in [0.25, 0.3) is 0 Å². The zero-order valence-corrected chi connectivity index (χ0v) is 12.1. The lowest BCUT2D eigenvalue weighted by molar-refractivity contribution is 0.339. The Bertz CT molecular complexity index is 676. The number of aryl methyl sites for hydroxylation is 1. The Balaban J connectivity index is 1.94. The van der Waals surface area contributed by atoms with Crippen molar-refractivity contribution in [3.8, 4) is 0 Å². The maximum absolute atomic E-state index is 12.7. The van der Waals surface area contributed by atoms with Gasteiger partial charge in [-0.1, -0.05) is 0 Å². The summed E-state index contributed by atoms with van der Waals surface area (Å²) in [5, 5.41) is 4.05. The van der Waals surface area contributed by atoms with E-state index in [2.05, 4.69) is 5.10 Å². The first-order chi connectivity index (χ1) is 9.63. The van der Waals surface area contributed by atoms with Crippen LogP contribution in [0.25, 0.3) is 0 Å². The monoisotopic (exact) mass is 295 g/mol. The van der Waals surface area contributed by atoms with E-state index in [1.54, 1.807) is 23.2 Å². The molecule has 3 rings (SSSR count). The van der Waals surface area contributed by atoms with Gasteiger partial charge in [-0.05, 0) is 31.9 Å².